The molecule has 0 saturated carbocycles. The van der Waals surface area contributed by atoms with E-state index in [2.05, 4.69) is 5.32 Å². The van der Waals surface area contributed by atoms with Crippen LogP contribution in [0.15, 0.2) is 47.4 Å². The molecular weight excluding hydrogens is 447 g/mol. The molecule has 1 heterocycles. The topological polar surface area (TPSA) is 75.7 Å². The Labute approximate surface area is 187 Å². The minimum atomic E-state index is -3.76. The standard InChI is InChI=1S/C21H24Cl2N2O4S/c1-2-29-20-10-9-17(12-19(20)23)30(27,28)25-11-5-7-16(14-25)21(26)24-13-15-6-3-4-8-18(15)22/h3-4,6,8-10,12,16H,2,5,7,11,13-14H2,1H3,(H,24,26)/t16-/m0/s1. The molecule has 9 heteroatoms. The Balaban J connectivity index is 1.68. The zero-order chi connectivity index (χ0) is 21.7. The summed E-state index contributed by atoms with van der Waals surface area (Å²) in [5.41, 5.74) is 0.817. The first kappa shape index (κ1) is 22.9. The average Bonchev–Trinajstić information content (AvgIpc) is 2.74. The quantitative estimate of drug-likeness (QED) is 0.660. The number of nitrogens with one attached hydrogen (secondary N) is 1. The van der Waals surface area contributed by atoms with Gasteiger partial charge in [-0.05, 0) is 49.6 Å². The Kier molecular flexibility index (Phi) is 7.63. The van der Waals surface area contributed by atoms with Crippen LogP contribution in [-0.2, 0) is 21.4 Å². The van der Waals surface area contributed by atoms with Gasteiger partial charge in [0, 0.05) is 24.7 Å². The Morgan fingerprint density at radius 1 is 1.20 bits per heavy atom. The monoisotopic (exact) mass is 470 g/mol. The smallest absolute Gasteiger partial charge is 0.243 e. The van der Waals surface area contributed by atoms with E-state index < -0.39 is 15.9 Å². The number of sulfonamides is 1. The predicted molar refractivity (Wildman–Crippen MR) is 117 cm³/mol. The van der Waals surface area contributed by atoms with Crippen molar-refractivity contribution in [2.75, 3.05) is 19.7 Å². The fourth-order valence-electron chi connectivity index (χ4n) is 3.41. The summed E-state index contributed by atoms with van der Waals surface area (Å²) in [6.07, 6.45) is 1.23. The molecule has 0 bridgehead atoms. The van der Waals surface area contributed by atoms with Crippen LogP contribution in [0.4, 0.5) is 0 Å². The number of ether oxygens (including phenoxy) is 1. The summed E-state index contributed by atoms with van der Waals surface area (Å²) in [6, 6.07) is 11.7. The normalized spacial score (nSPS) is 17.5. The lowest BCUT2D eigenvalue weighted by Crippen LogP contribution is -2.45. The minimum Gasteiger partial charge on any atom is -0.492 e. The zero-order valence-corrected chi connectivity index (χ0v) is 18.9. The van der Waals surface area contributed by atoms with Gasteiger partial charge in [-0.3, -0.25) is 4.79 Å². The molecule has 0 aromatic heterocycles. The van der Waals surface area contributed by atoms with Gasteiger partial charge < -0.3 is 10.1 Å². The first-order valence-electron chi connectivity index (χ1n) is 9.76. The van der Waals surface area contributed by atoms with Crippen LogP contribution in [0, 0.1) is 5.92 Å². The van der Waals surface area contributed by atoms with Crippen LogP contribution in [0.3, 0.4) is 0 Å². The summed E-state index contributed by atoms with van der Waals surface area (Å²) in [7, 11) is -3.76. The molecule has 1 N–H and O–H groups in total. The number of piperidine rings is 1. The number of hydrogen-bond donors (Lipinski definition) is 1. The van der Waals surface area contributed by atoms with E-state index in [0.29, 0.717) is 43.3 Å². The van der Waals surface area contributed by atoms with E-state index in [1.165, 1.54) is 16.4 Å². The van der Waals surface area contributed by atoms with Gasteiger partial charge in [0.1, 0.15) is 5.75 Å². The number of hydrogen-bond acceptors (Lipinski definition) is 4. The molecule has 6 nitrogen and oxygen atoms in total. The first-order valence-corrected chi connectivity index (χ1v) is 12.0. The fraction of sp³-hybridized carbons (Fsp3) is 0.381. The molecule has 1 atom stereocenters. The summed E-state index contributed by atoms with van der Waals surface area (Å²) in [5.74, 6) is -0.165. The lowest BCUT2D eigenvalue weighted by atomic mass is 9.99. The molecule has 162 valence electrons. The Morgan fingerprint density at radius 3 is 2.67 bits per heavy atom. The molecule has 1 amide bonds. The van der Waals surface area contributed by atoms with Gasteiger partial charge in [-0.1, -0.05) is 41.4 Å². The van der Waals surface area contributed by atoms with Gasteiger partial charge in [-0.2, -0.15) is 4.31 Å². The molecule has 0 unspecified atom stereocenters. The Bertz CT molecular complexity index is 1010. The number of carbonyl (C=O) groups is 1. The van der Waals surface area contributed by atoms with Crippen LogP contribution in [0.25, 0.3) is 0 Å². The highest BCUT2D eigenvalue weighted by atomic mass is 35.5. The van der Waals surface area contributed by atoms with E-state index in [1.54, 1.807) is 12.1 Å². The van der Waals surface area contributed by atoms with Crippen molar-refractivity contribution in [2.24, 2.45) is 5.92 Å². The number of benzene rings is 2. The highest BCUT2D eigenvalue weighted by Gasteiger charge is 2.33. The Morgan fingerprint density at radius 2 is 1.97 bits per heavy atom. The van der Waals surface area contributed by atoms with E-state index in [0.717, 1.165) is 5.56 Å². The lowest BCUT2D eigenvalue weighted by molar-refractivity contribution is -0.126. The first-order chi connectivity index (χ1) is 14.3. The van der Waals surface area contributed by atoms with Gasteiger partial charge >= 0.3 is 0 Å². The van der Waals surface area contributed by atoms with Crippen molar-refractivity contribution in [3.8, 4) is 5.75 Å². The molecule has 30 heavy (non-hydrogen) atoms. The number of carbonyl (C=O) groups excluding carboxylic acids is 1. The van der Waals surface area contributed by atoms with Gasteiger partial charge in [0.15, 0.2) is 0 Å². The molecular formula is C21H24Cl2N2O4S. The van der Waals surface area contributed by atoms with E-state index >= 15 is 0 Å². The Hall–Kier alpha value is -1.80. The molecule has 1 fully saturated rings. The number of amides is 1. The van der Waals surface area contributed by atoms with Crippen LogP contribution in [-0.4, -0.2) is 38.3 Å². The SMILES string of the molecule is CCOc1ccc(S(=O)(=O)N2CCC[C@H](C(=O)NCc3ccccc3Cl)C2)cc1Cl. The molecule has 0 spiro atoms. The average molecular weight is 471 g/mol. The molecule has 1 aliphatic rings. The largest absolute Gasteiger partial charge is 0.492 e. The van der Waals surface area contributed by atoms with E-state index in [4.69, 9.17) is 27.9 Å². The van der Waals surface area contributed by atoms with Crippen molar-refractivity contribution >= 4 is 39.1 Å². The third kappa shape index (κ3) is 5.27. The second-order valence-corrected chi connectivity index (χ2v) is 9.79. The molecule has 2 aromatic rings. The van der Waals surface area contributed by atoms with Crippen molar-refractivity contribution in [2.45, 2.75) is 31.2 Å². The van der Waals surface area contributed by atoms with Crippen LogP contribution in [0.2, 0.25) is 10.0 Å². The summed E-state index contributed by atoms with van der Waals surface area (Å²) < 4.78 is 32.9. The minimum absolute atomic E-state index is 0.0908. The molecule has 1 aliphatic heterocycles. The predicted octanol–water partition coefficient (Wildman–Crippen LogP) is 4.11. The molecule has 3 rings (SSSR count). The van der Waals surface area contributed by atoms with Crippen molar-refractivity contribution in [3.05, 3.63) is 58.1 Å². The summed E-state index contributed by atoms with van der Waals surface area (Å²) in [5, 5.41) is 3.69. The summed E-state index contributed by atoms with van der Waals surface area (Å²) in [6.45, 7) is 3.05. The van der Waals surface area contributed by atoms with Crippen LogP contribution in [0.5, 0.6) is 5.75 Å². The van der Waals surface area contributed by atoms with Crippen LogP contribution in [0.1, 0.15) is 25.3 Å². The second-order valence-electron chi connectivity index (χ2n) is 7.04. The van der Waals surface area contributed by atoms with Crippen molar-refractivity contribution < 1.29 is 17.9 Å². The molecule has 0 aliphatic carbocycles. The fourth-order valence-corrected chi connectivity index (χ4v) is 5.46. The van der Waals surface area contributed by atoms with Gasteiger partial charge in [-0.25, -0.2) is 8.42 Å². The molecule has 2 aromatic carbocycles. The van der Waals surface area contributed by atoms with Gasteiger partial charge in [0.05, 0.1) is 22.4 Å². The summed E-state index contributed by atoms with van der Waals surface area (Å²) in [4.78, 5) is 12.7. The van der Waals surface area contributed by atoms with Crippen molar-refractivity contribution in [3.63, 3.8) is 0 Å². The number of nitrogens with zero attached hydrogens (tertiary/aromatic N) is 1. The maximum Gasteiger partial charge on any atom is 0.243 e. The molecule has 0 radical (unpaired) electrons. The maximum absolute atomic E-state index is 13.1. The third-order valence-corrected chi connectivity index (χ3v) is 7.53. The summed E-state index contributed by atoms with van der Waals surface area (Å²) >= 11 is 12.3. The molecule has 1 saturated heterocycles. The lowest BCUT2D eigenvalue weighted by Gasteiger charge is -2.31. The van der Waals surface area contributed by atoms with E-state index in [1.807, 2.05) is 25.1 Å². The zero-order valence-electron chi connectivity index (χ0n) is 16.6. The van der Waals surface area contributed by atoms with Gasteiger partial charge in [0.2, 0.25) is 15.9 Å². The van der Waals surface area contributed by atoms with Gasteiger partial charge in [-0.15, -0.1) is 0 Å². The van der Waals surface area contributed by atoms with Crippen molar-refractivity contribution in [1.29, 1.82) is 0 Å². The van der Waals surface area contributed by atoms with E-state index in [9.17, 15) is 13.2 Å². The highest BCUT2D eigenvalue weighted by molar-refractivity contribution is 7.89. The number of rotatable bonds is 7. The van der Waals surface area contributed by atoms with Crippen molar-refractivity contribution in [1.82, 2.24) is 9.62 Å². The number of halogens is 2. The second kappa shape index (κ2) is 10.0. The van der Waals surface area contributed by atoms with E-state index in [-0.39, 0.29) is 22.4 Å². The van der Waals surface area contributed by atoms with Crippen LogP contribution < -0.4 is 10.1 Å². The van der Waals surface area contributed by atoms with Crippen LogP contribution >= 0.6 is 23.2 Å². The van der Waals surface area contributed by atoms with Gasteiger partial charge in [0.25, 0.3) is 0 Å². The highest BCUT2D eigenvalue weighted by Crippen LogP contribution is 2.30. The third-order valence-electron chi connectivity index (χ3n) is 5.01. The maximum atomic E-state index is 13.1.